The van der Waals surface area contributed by atoms with Crippen LogP contribution < -0.4 is 9.64 Å². The van der Waals surface area contributed by atoms with E-state index in [-0.39, 0.29) is 0 Å². The van der Waals surface area contributed by atoms with E-state index in [1.54, 1.807) is 0 Å². The van der Waals surface area contributed by atoms with E-state index in [4.69, 9.17) is 4.74 Å². The van der Waals surface area contributed by atoms with Crippen molar-refractivity contribution in [3.05, 3.63) is 24.3 Å². The second-order valence-electron chi connectivity index (χ2n) is 3.51. The number of nitrogens with zero attached hydrogens (tertiary/aromatic N) is 1. The molecule has 14 heavy (non-hydrogen) atoms. The molecule has 1 heterocycles. The Balaban J connectivity index is 2.21. The molecule has 0 spiro atoms. The van der Waals surface area contributed by atoms with Crippen LogP contribution in [0.1, 0.15) is 19.8 Å². The van der Waals surface area contributed by atoms with Gasteiger partial charge in [-0.2, -0.15) is 0 Å². The summed E-state index contributed by atoms with van der Waals surface area (Å²) in [5.41, 5.74) is 1.20. The molecule has 1 fully saturated rings. The van der Waals surface area contributed by atoms with Gasteiger partial charge in [0.2, 0.25) is 0 Å². The zero-order valence-corrected chi connectivity index (χ0v) is 8.62. The first-order chi connectivity index (χ1) is 6.92. The third-order valence-electron chi connectivity index (χ3n) is 2.53. The molecular formula is C12H16NO. The normalized spacial score (nSPS) is 15.9. The van der Waals surface area contributed by atoms with E-state index < -0.39 is 0 Å². The highest BCUT2D eigenvalue weighted by Gasteiger charge is 2.15. The van der Waals surface area contributed by atoms with Crippen molar-refractivity contribution in [2.45, 2.75) is 19.8 Å². The van der Waals surface area contributed by atoms with Crippen LogP contribution in [0.2, 0.25) is 0 Å². The summed E-state index contributed by atoms with van der Waals surface area (Å²) in [5, 5.41) is 0. The molecule has 75 valence electrons. The second kappa shape index (κ2) is 4.36. The third kappa shape index (κ3) is 1.84. The number of rotatable bonds is 3. The SMILES string of the molecule is CCOc1[c]cccc1N1CCCC1. The van der Waals surface area contributed by atoms with E-state index in [0.717, 1.165) is 18.8 Å². The van der Waals surface area contributed by atoms with Crippen LogP contribution in [0.5, 0.6) is 5.75 Å². The van der Waals surface area contributed by atoms with E-state index in [9.17, 15) is 0 Å². The molecule has 2 rings (SSSR count). The lowest BCUT2D eigenvalue weighted by Gasteiger charge is -2.20. The maximum absolute atomic E-state index is 5.55. The topological polar surface area (TPSA) is 12.5 Å². The van der Waals surface area contributed by atoms with Gasteiger partial charge in [0.25, 0.3) is 0 Å². The average molecular weight is 190 g/mol. The Morgan fingerprint density at radius 3 is 2.93 bits per heavy atom. The minimum Gasteiger partial charge on any atom is -0.491 e. The van der Waals surface area contributed by atoms with E-state index in [1.165, 1.54) is 18.5 Å². The van der Waals surface area contributed by atoms with Gasteiger partial charge in [-0.05, 0) is 25.8 Å². The molecule has 0 unspecified atom stereocenters. The Labute approximate surface area is 85.5 Å². The first-order valence-corrected chi connectivity index (χ1v) is 5.30. The summed E-state index contributed by atoms with van der Waals surface area (Å²) in [6, 6.07) is 9.20. The standard InChI is InChI=1S/C12H16NO/c1-2-14-12-8-4-3-7-11(12)13-9-5-6-10-13/h3-4,7H,2,5-6,9-10H2,1H3. The molecule has 2 heteroatoms. The second-order valence-corrected chi connectivity index (χ2v) is 3.51. The highest BCUT2D eigenvalue weighted by atomic mass is 16.5. The molecule has 1 radical (unpaired) electrons. The van der Waals surface area contributed by atoms with Gasteiger partial charge < -0.3 is 9.64 Å². The zero-order chi connectivity index (χ0) is 9.80. The van der Waals surface area contributed by atoms with Crippen molar-refractivity contribution in [1.29, 1.82) is 0 Å². The maximum Gasteiger partial charge on any atom is 0.150 e. The van der Waals surface area contributed by atoms with Gasteiger partial charge in [-0.15, -0.1) is 0 Å². The van der Waals surface area contributed by atoms with E-state index in [0.29, 0.717) is 6.61 Å². The first-order valence-electron chi connectivity index (χ1n) is 5.30. The van der Waals surface area contributed by atoms with E-state index in [1.807, 2.05) is 19.1 Å². The lowest BCUT2D eigenvalue weighted by molar-refractivity contribution is 0.340. The summed E-state index contributed by atoms with van der Waals surface area (Å²) in [5.74, 6) is 0.900. The Morgan fingerprint density at radius 1 is 1.43 bits per heavy atom. The lowest BCUT2D eigenvalue weighted by atomic mass is 10.2. The van der Waals surface area contributed by atoms with Gasteiger partial charge in [-0.1, -0.05) is 12.1 Å². The van der Waals surface area contributed by atoms with Gasteiger partial charge in [0, 0.05) is 19.2 Å². The van der Waals surface area contributed by atoms with Crippen molar-refractivity contribution in [1.82, 2.24) is 0 Å². The summed E-state index contributed by atoms with van der Waals surface area (Å²) < 4.78 is 5.55. The van der Waals surface area contributed by atoms with Crippen molar-refractivity contribution in [3.63, 3.8) is 0 Å². The fourth-order valence-electron chi connectivity index (χ4n) is 1.88. The fraction of sp³-hybridized carbons (Fsp3) is 0.500. The number of hydrogen-bond donors (Lipinski definition) is 0. The van der Waals surface area contributed by atoms with Gasteiger partial charge in [0.05, 0.1) is 12.3 Å². The van der Waals surface area contributed by atoms with Gasteiger partial charge in [0.15, 0.2) is 5.75 Å². The van der Waals surface area contributed by atoms with Crippen molar-refractivity contribution in [2.75, 3.05) is 24.6 Å². The zero-order valence-electron chi connectivity index (χ0n) is 8.62. The maximum atomic E-state index is 5.55. The minimum absolute atomic E-state index is 0.710. The van der Waals surface area contributed by atoms with Gasteiger partial charge in [0.1, 0.15) is 0 Å². The Morgan fingerprint density at radius 2 is 2.21 bits per heavy atom. The molecule has 1 aromatic rings. The van der Waals surface area contributed by atoms with Crippen LogP contribution in [0.15, 0.2) is 18.2 Å². The summed E-state index contributed by atoms with van der Waals surface area (Å²) in [6.07, 6.45) is 2.58. The molecule has 1 aliphatic heterocycles. The molecule has 0 saturated carbocycles. The molecule has 1 saturated heterocycles. The smallest absolute Gasteiger partial charge is 0.150 e. The molecular weight excluding hydrogens is 174 g/mol. The molecule has 0 aliphatic carbocycles. The minimum atomic E-state index is 0.710. The number of benzene rings is 1. The molecule has 2 nitrogen and oxygen atoms in total. The van der Waals surface area contributed by atoms with Crippen LogP contribution >= 0.6 is 0 Å². The van der Waals surface area contributed by atoms with Crippen LogP contribution in [-0.4, -0.2) is 19.7 Å². The molecule has 1 aliphatic rings. The van der Waals surface area contributed by atoms with E-state index in [2.05, 4.69) is 17.0 Å². The Kier molecular flexibility index (Phi) is 2.92. The van der Waals surface area contributed by atoms with Crippen molar-refractivity contribution in [3.8, 4) is 5.75 Å². The Hall–Kier alpha value is -1.18. The summed E-state index contributed by atoms with van der Waals surface area (Å²) in [4.78, 5) is 2.38. The van der Waals surface area contributed by atoms with Gasteiger partial charge in [-0.3, -0.25) is 0 Å². The first kappa shape index (κ1) is 9.38. The molecule has 0 atom stereocenters. The van der Waals surface area contributed by atoms with E-state index >= 15 is 0 Å². The highest BCUT2D eigenvalue weighted by Crippen LogP contribution is 2.29. The van der Waals surface area contributed by atoms with Crippen molar-refractivity contribution < 1.29 is 4.74 Å². The molecule has 1 aromatic carbocycles. The van der Waals surface area contributed by atoms with Crippen molar-refractivity contribution >= 4 is 5.69 Å². The number of anilines is 1. The molecule has 0 N–H and O–H groups in total. The van der Waals surface area contributed by atoms with Crippen LogP contribution in [0.25, 0.3) is 0 Å². The third-order valence-corrected chi connectivity index (χ3v) is 2.53. The van der Waals surface area contributed by atoms with Crippen LogP contribution in [0.4, 0.5) is 5.69 Å². The van der Waals surface area contributed by atoms with Crippen LogP contribution in [0, 0.1) is 6.07 Å². The van der Waals surface area contributed by atoms with Crippen LogP contribution in [-0.2, 0) is 0 Å². The van der Waals surface area contributed by atoms with Gasteiger partial charge in [-0.25, -0.2) is 0 Å². The molecule has 0 aromatic heterocycles. The summed E-state index contributed by atoms with van der Waals surface area (Å²) >= 11 is 0. The average Bonchev–Trinajstić information content (AvgIpc) is 2.72. The number of ether oxygens (including phenoxy) is 1. The summed E-state index contributed by atoms with van der Waals surface area (Å²) in [7, 11) is 0. The number of hydrogen-bond acceptors (Lipinski definition) is 2. The van der Waals surface area contributed by atoms with Gasteiger partial charge >= 0.3 is 0 Å². The molecule has 0 bridgehead atoms. The quantitative estimate of drug-likeness (QED) is 0.726. The van der Waals surface area contributed by atoms with Crippen molar-refractivity contribution in [2.24, 2.45) is 0 Å². The predicted octanol–water partition coefficient (Wildman–Crippen LogP) is 2.49. The Bertz CT molecular complexity index is 292. The predicted molar refractivity (Wildman–Crippen MR) is 57.9 cm³/mol. The largest absolute Gasteiger partial charge is 0.491 e. The fourth-order valence-corrected chi connectivity index (χ4v) is 1.88. The molecule has 0 amide bonds. The lowest BCUT2D eigenvalue weighted by Crippen LogP contribution is -2.18. The monoisotopic (exact) mass is 190 g/mol. The number of para-hydroxylation sites is 1. The highest BCUT2D eigenvalue weighted by molar-refractivity contribution is 5.58. The van der Waals surface area contributed by atoms with Crippen LogP contribution in [0.3, 0.4) is 0 Å². The summed E-state index contributed by atoms with van der Waals surface area (Å²) in [6.45, 7) is 5.02.